The van der Waals surface area contributed by atoms with Crippen LogP contribution in [0.3, 0.4) is 0 Å². The SMILES string of the molecule is CCCCCCC(SCCC)C(=O)O[Si](C)COCC. The molecule has 0 saturated carbocycles. The Morgan fingerprint density at radius 1 is 1.15 bits per heavy atom. The molecule has 3 nitrogen and oxygen atoms in total. The van der Waals surface area contributed by atoms with Crippen molar-refractivity contribution in [1.82, 2.24) is 0 Å². The predicted molar refractivity (Wildman–Crippen MR) is 89.5 cm³/mol. The zero-order valence-corrected chi connectivity index (χ0v) is 15.4. The molecule has 0 aromatic rings. The molecule has 1 radical (unpaired) electrons. The summed E-state index contributed by atoms with van der Waals surface area (Å²) in [4.78, 5) is 12.2. The summed E-state index contributed by atoms with van der Waals surface area (Å²) in [6.07, 6.45) is 7.48. The standard InChI is InChI=1S/C15H31O3SSi/c1-5-8-9-10-11-14(19-12-6-2)15(16)18-20(4)13-17-7-3/h14H,5-13H2,1-4H3. The monoisotopic (exact) mass is 319 g/mol. The third kappa shape index (κ3) is 10.7. The van der Waals surface area contributed by atoms with Crippen molar-refractivity contribution in [2.45, 2.75) is 71.1 Å². The van der Waals surface area contributed by atoms with Gasteiger partial charge in [-0.1, -0.05) is 39.5 Å². The van der Waals surface area contributed by atoms with E-state index in [9.17, 15) is 4.79 Å². The number of unbranched alkanes of at least 4 members (excludes halogenated alkanes) is 3. The zero-order valence-electron chi connectivity index (χ0n) is 13.6. The van der Waals surface area contributed by atoms with Gasteiger partial charge in [0.1, 0.15) is 5.25 Å². The van der Waals surface area contributed by atoms with Gasteiger partial charge in [0, 0.05) is 6.61 Å². The second kappa shape index (κ2) is 14.0. The quantitative estimate of drug-likeness (QED) is 0.376. The first-order valence-electron chi connectivity index (χ1n) is 7.89. The van der Waals surface area contributed by atoms with E-state index in [1.165, 1.54) is 19.3 Å². The number of hydrogen-bond acceptors (Lipinski definition) is 4. The summed E-state index contributed by atoms with van der Waals surface area (Å²) in [5, 5.41) is 0.0217. The maximum absolute atomic E-state index is 12.2. The third-order valence-electron chi connectivity index (χ3n) is 2.89. The van der Waals surface area contributed by atoms with Gasteiger partial charge in [0.2, 0.25) is 0 Å². The highest BCUT2D eigenvalue weighted by atomic mass is 32.2. The maximum atomic E-state index is 12.2. The largest absolute Gasteiger partial charge is 0.515 e. The molecule has 0 fully saturated rings. The molecule has 20 heavy (non-hydrogen) atoms. The van der Waals surface area contributed by atoms with Crippen LogP contribution < -0.4 is 0 Å². The molecule has 0 amide bonds. The molecule has 0 aliphatic heterocycles. The minimum Gasteiger partial charge on any atom is -0.515 e. The fourth-order valence-corrected chi connectivity index (χ4v) is 3.96. The fourth-order valence-electron chi connectivity index (χ4n) is 1.80. The van der Waals surface area contributed by atoms with Crippen LogP contribution in [0.15, 0.2) is 0 Å². The molecule has 5 heteroatoms. The number of thioether (sulfide) groups is 1. The predicted octanol–water partition coefficient (Wildman–Crippen LogP) is 4.21. The molecule has 0 aromatic carbocycles. The van der Waals surface area contributed by atoms with Crippen molar-refractivity contribution in [1.29, 1.82) is 0 Å². The Morgan fingerprint density at radius 2 is 1.90 bits per heavy atom. The molecular formula is C15H31O3SSi. The van der Waals surface area contributed by atoms with Gasteiger partial charge in [-0.15, -0.1) is 11.8 Å². The Morgan fingerprint density at radius 3 is 2.50 bits per heavy atom. The van der Waals surface area contributed by atoms with E-state index in [-0.39, 0.29) is 11.2 Å². The Labute approximate surface area is 130 Å². The van der Waals surface area contributed by atoms with Crippen LogP contribution in [0.5, 0.6) is 0 Å². The highest BCUT2D eigenvalue weighted by Gasteiger charge is 2.22. The average molecular weight is 320 g/mol. The number of rotatable bonds is 13. The van der Waals surface area contributed by atoms with Crippen molar-refractivity contribution < 1.29 is 14.0 Å². The van der Waals surface area contributed by atoms with Crippen LogP contribution >= 0.6 is 11.8 Å². The molecule has 119 valence electrons. The van der Waals surface area contributed by atoms with Crippen molar-refractivity contribution in [3.05, 3.63) is 0 Å². The Hall–Kier alpha value is -0.00312. The van der Waals surface area contributed by atoms with Crippen molar-refractivity contribution in [2.24, 2.45) is 0 Å². The molecule has 1 unspecified atom stereocenters. The molecule has 0 saturated heterocycles. The van der Waals surface area contributed by atoms with E-state index in [0.717, 1.165) is 25.0 Å². The number of carbonyl (C=O) groups is 1. The van der Waals surface area contributed by atoms with Crippen LogP contribution in [0.1, 0.15) is 59.3 Å². The van der Waals surface area contributed by atoms with Gasteiger partial charge in [-0.25, -0.2) is 0 Å². The van der Waals surface area contributed by atoms with Gasteiger partial charge in [-0.3, -0.25) is 4.79 Å². The Kier molecular flexibility index (Phi) is 14.0. The van der Waals surface area contributed by atoms with Crippen LogP contribution in [0.2, 0.25) is 6.55 Å². The molecule has 0 aromatic heterocycles. The summed E-state index contributed by atoms with van der Waals surface area (Å²) < 4.78 is 10.9. The van der Waals surface area contributed by atoms with Crippen LogP contribution in [0.25, 0.3) is 0 Å². The summed E-state index contributed by atoms with van der Waals surface area (Å²) in [5.41, 5.74) is 0. The summed E-state index contributed by atoms with van der Waals surface area (Å²) in [6.45, 7) is 9.00. The Balaban J connectivity index is 4.11. The summed E-state index contributed by atoms with van der Waals surface area (Å²) in [6, 6.07) is 0. The second-order valence-electron chi connectivity index (χ2n) is 4.97. The van der Waals surface area contributed by atoms with E-state index in [0.29, 0.717) is 12.8 Å². The lowest BCUT2D eigenvalue weighted by Crippen LogP contribution is -2.30. The molecule has 0 heterocycles. The third-order valence-corrected chi connectivity index (χ3v) is 5.52. The van der Waals surface area contributed by atoms with E-state index in [1.807, 2.05) is 13.5 Å². The van der Waals surface area contributed by atoms with Gasteiger partial charge in [0.15, 0.2) is 0 Å². The lowest BCUT2D eigenvalue weighted by Gasteiger charge is -2.18. The van der Waals surface area contributed by atoms with E-state index in [1.54, 1.807) is 11.8 Å². The first-order chi connectivity index (χ1) is 9.65. The van der Waals surface area contributed by atoms with Crippen molar-refractivity contribution in [3.8, 4) is 0 Å². The van der Waals surface area contributed by atoms with Gasteiger partial charge < -0.3 is 9.16 Å². The van der Waals surface area contributed by atoms with Gasteiger partial charge in [-0.05, 0) is 32.1 Å². The fraction of sp³-hybridized carbons (Fsp3) is 0.933. The molecule has 0 rings (SSSR count). The topological polar surface area (TPSA) is 35.5 Å². The molecule has 0 bridgehead atoms. The second-order valence-corrected chi connectivity index (χ2v) is 8.18. The van der Waals surface area contributed by atoms with E-state index >= 15 is 0 Å². The highest BCUT2D eigenvalue weighted by Crippen LogP contribution is 2.21. The number of carbonyl (C=O) groups excluding carboxylic acids is 1. The molecular weight excluding hydrogens is 288 g/mol. The lowest BCUT2D eigenvalue weighted by atomic mass is 10.1. The molecule has 0 aliphatic carbocycles. The lowest BCUT2D eigenvalue weighted by molar-refractivity contribution is -0.134. The Bertz CT molecular complexity index is 239. The number of hydrogen-bond donors (Lipinski definition) is 0. The van der Waals surface area contributed by atoms with Crippen molar-refractivity contribution in [3.63, 3.8) is 0 Å². The molecule has 0 aliphatic rings. The molecule has 1 atom stereocenters. The van der Waals surface area contributed by atoms with Crippen LogP contribution in [-0.2, 0) is 14.0 Å². The first-order valence-corrected chi connectivity index (χ1v) is 11.1. The van der Waals surface area contributed by atoms with Gasteiger partial charge in [0.25, 0.3) is 0 Å². The van der Waals surface area contributed by atoms with Gasteiger partial charge >= 0.3 is 15.0 Å². The van der Waals surface area contributed by atoms with Crippen LogP contribution in [0, 0.1) is 0 Å². The number of ether oxygens (including phenoxy) is 1. The average Bonchev–Trinajstić information content (AvgIpc) is 2.44. The minimum absolute atomic E-state index is 0.0176. The molecule has 0 spiro atoms. The first kappa shape index (κ1) is 20.0. The van der Waals surface area contributed by atoms with Crippen LogP contribution in [0.4, 0.5) is 0 Å². The smallest absolute Gasteiger partial charge is 0.308 e. The van der Waals surface area contributed by atoms with Crippen molar-refractivity contribution >= 4 is 26.8 Å². The highest BCUT2D eigenvalue weighted by molar-refractivity contribution is 8.00. The zero-order chi connectivity index (χ0) is 15.2. The normalized spacial score (nSPS) is 12.7. The van der Waals surface area contributed by atoms with Gasteiger partial charge in [0.05, 0.1) is 6.23 Å². The van der Waals surface area contributed by atoms with Crippen molar-refractivity contribution in [2.75, 3.05) is 18.6 Å². The molecule has 0 N–H and O–H groups in total. The maximum Gasteiger partial charge on any atom is 0.308 e. The summed E-state index contributed by atoms with van der Waals surface area (Å²) in [7, 11) is -1.14. The van der Waals surface area contributed by atoms with E-state index in [4.69, 9.17) is 9.16 Å². The minimum atomic E-state index is -1.14. The summed E-state index contributed by atoms with van der Waals surface area (Å²) in [5.74, 6) is 1.01. The van der Waals surface area contributed by atoms with Crippen LogP contribution in [-0.4, -0.2) is 38.8 Å². The van der Waals surface area contributed by atoms with E-state index in [2.05, 4.69) is 13.8 Å². The van der Waals surface area contributed by atoms with Gasteiger partial charge in [-0.2, -0.15) is 0 Å². The van der Waals surface area contributed by atoms with E-state index < -0.39 is 9.04 Å². The summed E-state index contributed by atoms with van der Waals surface area (Å²) >= 11 is 1.75.